The van der Waals surface area contributed by atoms with Gasteiger partial charge in [-0.1, -0.05) is 12.8 Å². The highest BCUT2D eigenvalue weighted by atomic mass is 19.3. The van der Waals surface area contributed by atoms with Gasteiger partial charge < -0.3 is 10.5 Å². The van der Waals surface area contributed by atoms with Crippen LogP contribution in [0.3, 0.4) is 0 Å². The Morgan fingerprint density at radius 3 is 2.25 bits per heavy atom. The zero-order valence-electron chi connectivity index (χ0n) is 12.3. The molecule has 0 amide bonds. The van der Waals surface area contributed by atoms with Crippen molar-refractivity contribution in [2.75, 3.05) is 6.61 Å². The SMILES string of the molecule is NC(C1CCC(F)(F)CC1)C1CCOC2(CCCC2)C1. The molecule has 0 radical (unpaired) electrons. The number of hydrogen-bond donors (Lipinski definition) is 1. The summed E-state index contributed by atoms with van der Waals surface area (Å²) < 4.78 is 32.6. The summed E-state index contributed by atoms with van der Waals surface area (Å²) in [5.41, 5.74) is 6.54. The molecule has 1 heterocycles. The van der Waals surface area contributed by atoms with E-state index in [-0.39, 0.29) is 30.4 Å². The Bertz CT molecular complexity index is 331. The largest absolute Gasteiger partial charge is 0.375 e. The second kappa shape index (κ2) is 5.53. The summed E-state index contributed by atoms with van der Waals surface area (Å²) in [5, 5.41) is 0. The van der Waals surface area contributed by atoms with Crippen LogP contribution in [0.25, 0.3) is 0 Å². The van der Waals surface area contributed by atoms with Gasteiger partial charge in [-0.15, -0.1) is 0 Å². The zero-order valence-corrected chi connectivity index (χ0v) is 12.3. The number of hydrogen-bond acceptors (Lipinski definition) is 2. The second-order valence-corrected chi connectivity index (χ2v) is 7.26. The van der Waals surface area contributed by atoms with Crippen molar-refractivity contribution >= 4 is 0 Å². The first-order valence-corrected chi connectivity index (χ1v) is 8.27. The normalized spacial score (nSPS) is 35.2. The molecule has 2 N–H and O–H groups in total. The molecule has 2 unspecified atom stereocenters. The van der Waals surface area contributed by atoms with E-state index in [0.717, 1.165) is 19.4 Å². The lowest BCUT2D eigenvalue weighted by Crippen LogP contribution is -2.47. The maximum absolute atomic E-state index is 13.3. The van der Waals surface area contributed by atoms with Gasteiger partial charge in [0, 0.05) is 25.5 Å². The van der Waals surface area contributed by atoms with Crippen LogP contribution in [0, 0.1) is 11.8 Å². The third-order valence-electron chi connectivity index (χ3n) is 5.90. The van der Waals surface area contributed by atoms with Crippen LogP contribution in [0.15, 0.2) is 0 Å². The van der Waals surface area contributed by atoms with Crippen LogP contribution in [0.2, 0.25) is 0 Å². The molecule has 4 heteroatoms. The van der Waals surface area contributed by atoms with Crippen LogP contribution >= 0.6 is 0 Å². The molecule has 1 aliphatic heterocycles. The number of nitrogens with two attached hydrogens (primary N) is 1. The number of alkyl halides is 2. The Kier molecular flexibility index (Phi) is 4.06. The van der Waals surface area contributed by atoms with Crippen LogP contribution in [-0.2, 0) is 4.74 Å². The van der Waals surface area contributed by atoms with Crippen molar-refractivity contribution in [3.05, 3.63) is 0 Å². The van der Waals surface area contributed by atoms with E-state index in [2.05, 4.69) is 0 Å². The van der Waals surface area contributed by atoms with Crippen LogP contribution in [0.5, 0.6) is 0 Å². The van der Waals surface area contributed by atoms with Gasteiger partial charge in [0.05, 0.1) is 5.60 Å². The molecule has 3 fully saturated rings. The molecule has 3 aliphatic rings. The van der Waals surface area contributed by atoms with Crippen molar-refractivity contribution in [1.29, 1.82) is 0 Å². The fourth-order valence-corrected chi connectivity index (χ4v) is 4.59. The molecule has 116 valence electrons. The fraction of sp³-hybridized carbons (Fsp3) is 1.00. The summed E-state index contributed by atoms with van der Waals surface area (Å²) in [6.07, 6.45) is 8.17. The maximum Gasteiger partial charge on any atom is 0.248 e. The van der Waals surface area contributed by atoms with E-state index in [4.69, 9.17) is 10.5 Å². The standard InChI is InChI=1S/C16H27F2NO/c17-16(18)8-3-12(4-9-16)14(19)13-5-10-20-15(11-13)6-1-2-7-15/h12-14H,1-11,19H2. The molecule has 2 nitrogen and oxygen atoms in total. The molecule has 2 aliphatic carbocycles. The molecule has 2 atom stereocenters. The number of rotatable bonds is 2. The van der Waals surface area contributed by atoms with Crippen LogP contribution in [0.4, 0.5) is 8.78 Å². The van der Waals surface area contributed by atoms with Gasteiger partial charge in [0.1, 0.15) is 0 Å². The fourth-order valence-electron chi connectivity index (χ4n) is 4.59. The average Bonchev–Trinajstić information content (AvgIpc) is 2.86. The molecule has 0 aromatic rings. The van der Waals surface area contributed by atoms with Gasteiger partial charge in [-0.3, -0.25) is 0 Å². The lowest BCUT2D eigenvalue weighted by atomic mass is 9.72. The summed E-state index contributed by atoms with van der Waals surface area (Å²) >= 11 is 0. The third-order valence-corrected chi connectivity index (χ3v) is 5.90. The van der Waals surface area contributed by atoms with E-state index < -0.39 is 5.92 Å². The van der Waals surface area contributed by atoms with Gasteiger partial charge >= 0.3 is 0 Å². The molecule has 0 aromatic carbocycles. The van der Waals surface area contributed by atoms with Gasteiger partial charge in [-0.25, -0.2) is 8.78 Å². The topological polar surface area (TPSA) is 35.2 Å². The van der Waals surface area contributed by atoms with Gasteiger partial charge in [0.25, 0.3) is 0 Å². The smallest absolute Gasteiger partial charge is 0.248 e. The van der Waals surface area contributed by atoms with Gasteiger partial charge in [0.15, 0.2) is 0 Å². The molecule has 20 heavy (non-hydrogen) atoms. The highest BCUT2D eigenvalue weighted by Gasteiger charge is 2.44. The van der Waals surface area contributed by atoms with Gasteiger partial charge in [0.2, 0.25) is 5.92 Å². The van der Waals surface area contributed by atoms with Crippen LogP contribution in [0.1, 0.15) is 64.2 Å². The third kappa shape index (κ3) is 3.01. The Morgan fingerprint density at radius 1 is 0.950 bits per heavy atom. The summed E-state index contributed by atoms with van der Waals surface area (Å²) in [7, 11) is 0. The Morgan fingerprint density at radius 2 is 1.60 bits per heavy atom. The first-order chi connectivity index (χ1) is 9.50. The van der Waals surface area contributed by atoms with E-state index in [1.165, 1.54) is 25.7 Å². The predicted octanol–water partition coefficient (Wildman–Crippen LogP) is 3.88. The van der Waals surface area contributed by atoms with E-state index >= 15 is 0 Å². The van der Waals surface area contributed by atoms with E-state index in [1.807, 2.05) is 0 Å². The molecular formula is C16H27F2NO. The lowest BCUT2D eigenvalue weighted by Gasteiger charge is -2.43. The van der Waals surface area contributed by atoms with Crippen LogP contribution in [-0.4, -0.2) is 24.2 Å². The zero-order chi connectivity index (χ0) is 14.2. The second-order valence-electron chi connectivity index (χ2n) is 7.26. The Labute approximate surface area is 120 Å². The Balaban J connectivity index is 1.58. The lowest BCUT2D eigenvalue weighted by molar-refractivity contribution is -0.103. The van der Waals surface area contributed by atoms with E-state index in [1.54, 1.807) is 0 Å². The predicted molar refractivity (Wildman–Crippen MR) is 74.8 cm³/mol. The summed E-state index contributed by atoms with van der Waals surface area (Å²) in [6.45, 7) is 0.807. The number of halogens is 2. The van der Waals surface area contributed by atoms with Gasteiger partial charge in [-0.2, -0.15) is 0 Å². The highest BCUT2D eigenvalue weighted by Crippen LogP contribution is 2.45. The molecule has 2 saturated carbocycles. The van der Waals surface area contributed by atoms with E-state index in [9.17, 15) is 8.78 Å². The minimum Gasteiger partial charge on any atom is -0.375 e. The molecule has 1 spiro atoms. The summed E-state index contributed by atoms with van der Waals surface area (Å²) in [5.74, 6) is -1.69. The van der Waals surface area contributed by atoms with Crippen molar-refractivity contribution in [1.82, 2.24) is 0 Å². The number of ether oxygens (including phenoxy) is 1. The minimum atomic E-state index is -2.45. The van der Waals surface area contributed by atoms with E-state index in [0.29, 0.717) is 18.8 Å². The van der Waals surface area contributed by atoms with Crippen molar-refractivity contribution in [2.45, 2.75) is 81.8 Å². The minimum absolute atomic E-state index is 0.0275. The van der Waals surface area contributed by atoms with Crippen molar-refractivity contribution in [3.63, 3.8) is 0 Å². The monoisotopic (exact) mass is 287 g/mol. The van der Waals surface area contributed by atoms with Crippen molar-refractivity contribution in [2.24, 2.45) is 17.6 Å². The molecular weight excluding hydrogens is 260 g/mol. The van der Waals surface area contributed by atoms with Crippen LogP contribution < -0.4 is 5.73 Å². The van der Waals surface area contributed by atoms with Gasteiger partial charge in [-0.05, 0) is 50.4 Å². The summed E-state index contributed by atoms with van der Waals surface area (Å²) in [6, 6.07) is 0.0903. The Hall–Kier alpha value is -0.220. The molecule has 3 rings (SSSR count). The quantitative estimate of drug-likeness (QED) is 0.836. The maximum atomic E-state index is 13.3. The average molecular weight is 287 g/mol. The molecule has 0 aromatic heterocycles. The highest BCUT2D eigenvalue weighted by molar-refractivity contribution is 4.96. The van der Waals surface area contributed by atoms with Crippen molar-refractivity contribution in [3.8, 4) is 0 Å². The molecule has 0 bridgehead atoms. The summed E-state index contributed by atoms with van der Waals surface area (Å²) in [4.78, 5) is 0. The first-order valence-electron chi connectivity index (χ1n) is 8.27. The molecule has 1 saturated heterocycles. The van der Waals surface area contributed by atoms with Crippen molar-refractivity contribution < 1.29 is 13.5 Å². The first kappa shape index (κ1) is 14.7.